The van der Waals surface area contributed by atoms with Crippen molar-refractivity contribution in [2.75, 3.05) is 5.73 Å². The molecule has 0 amide bonds. The van der Waals surface area contributed by atoms with E-state index in [1.807, 2.05) is 18.2 Å². The number of pyridine rings is 1. The molecule has 1 aromatic heterocycles. The highest BCUT2D eigenvalue weighted by Gasteiger charge is 1.90. The number of aryl methyl sites for hydroxylation is 1. The topological polar surface area (TPSA) is 38.9 Å². The first-order chi connectivity index (χ1) is 7.74. The second kappa shape index (κ2) is 4.62. The van der Waals surface area contributed by atoms with Crippen molar-refractivity contribution in [1.29, 1.82) is 0 Å². The largest absolute Gasteiger partial charge is 0.384 e. The summed E-state index contributed by atoms with van der Waals surface area (Å²) in [5, 5.41) is 0. The highest BCUT2D eigenvalue weighted by molar-refractivity contribution is 5.70. The van der Waals surface area contributed by atoms with Gasteiger partial charge in [0.05, 0.1) is 0 Å². The Bertz CT molecular complexity index is 498. The minimum absolute atomic E-state index is 0.547. The Morgan fingerprint density at radius 2 is 1.69 bits per heavy atom. The Balaban J connectivity index is 2.18. The molecule has 2 aromatic rings. The quantitative estimate of drug-likeness (QED) is 0.827. The van der Waals surface area contributed by atoms with Crippen molar-refractivity contribution in [3.63, 3.8) is 0 Å². The Labute approximate surface area is 95.5 Å². The van der Waals surface area contributed by atoms with Gasteiger partial charge in [-0.15, -0.1) is 0 Å². The first-order valence-corrected chi connectivity index (χ1v) is 5.20. The van der Waals surface area contributed by atoms with Crippen LogP contribution in [0.2, 0.25) is 0 Å². The molecule has 2 heteroatoms. The second-order valence-corrected chi connectivity index (χ2v) is 3.76. The van der Waals surface area contributed by atoms with E-state index in [1.54, 1.807) is 6.20 Å². The number of rotatable bonds is 2. The van der Waals surface area contributed by atoms with E-state index in [0.29, 0.717) is 5.82 Å². The van der Waals surface area contributed by atoms with E-state index in [1.165, 1.54) is 11.1 Å². The molecular formula is C14H14N2. The third-order valence-corrected chi connectivity index (χ3v) is 2.35. The molecule has 0 fully saturated rings. The van der Waals surface area contributed by atoms with Gasteiger partial charge in [-0.2, -0.15) is 0 Å². The van der Waals surface area contributed by atoms with E-state index in [4.69, 9.17) is 5.73 Å². The predicted octanol–water partition coefficient (Wildman–Crippen LogP) is 3.14. The highest BCUT2D eigenvalue weighted by Crippen LogP contribution is 2.10. The van der Waals surface area contributed by atoms with Crippen LogP contribution < -0.4 is 5.73 Å². The fraction of sp³-hybridized carbons (Fsp3) is 0.0714. The van der Waals surface area contributed by atoms with Crippen molar-refractivity contribution in [3.8, 4) is 0 Å². The van der Waals surface area contributed by atoms with E-state index in [2.05, 4.69) is 42.2 Å². The number of hydrogen-bond acceptors (Lipinski definition) is 2. The lowest BCUT2D eigenvalue weighted by atomic mass is 10.1. The molecule has 0 aliphatic heterocycles. The summed E-state index contributed by atoms with van der Waals surface area (Å²) in [5.41, 5.74) is 9.12. The third kappa shape index (κ3) is 2.70. The third-order valence-electron chi connectivity index (χ3n) is 2.35. The van der Waals surface area contributed by atoms with Crippen LogP contribution in [0.3, 0.4) is 0 Å². The van der Waals surface area contributed by atoms with E-state index in [9.17, 15) is 0 Å². The number of hydrogen-bond donors (Lipinski definition) is 1. The maximum Gasteiger partial charge on any atom is 0.123 e. The van der Waals surface area contributed by atoms with Crippen molar-refractivity contribution in [1.82, 2.24) is 4.98 Å². The number of benzene rings is 1. The molecule has 0 spiro atoms. The van der Waals surface area contributed by atoms with Gasteiger partial charge in [-0.3, -0.25) is 0 Å². The normalized spacial score (nSPS) is 10.8. The lowest BCUT2D eigenvalue weighted by Crippen LogP contribution is -1.88. The summed E-state index contributed by atoms with van der Waals surface area (Å²) >= 11 is 0. The monoisotopic (exact) mass is 210 g/mol. The first kappa shape index (κ1) is 10.4. The molecule has 0 aliphatic rings. The maximum absolute atomic E-state index is 5.60. The van der Waals surface area contributed by atoms with Gasteiger partial charge in [0.25, 0.3) is 0 Å². The fourth-order valence-electron chi connectivity index (χ4n) is 1.44. The van der Waals surface area contributed by atoms with Crippen LogP contribution in [0, 0.1) is 6.92 Å². The standard InChI is InChI=1S/C14H14N2/c1-11-2-4-12(5-3-11)6-7-13-8-9-16-14(15)10-13/h2-10H,1H3,(H2,15,16)/b7-6+. The molecule has 1 aromatic carbocycles. The number of nitrogen functional groups attached to an aromatic ring is 1. The van der Waals surface area contributed by atoms with Gasteiger partial charge in [-0.25, -0.2) is 4.98 Å². The van der Waals surface area contributed by atoms with Gasteiger partial charge in [0.2, 0.25) is 0 Å². The zero-order valence-corrected chi connectivity index (χ0v) is 9.22. The minimum Gasteiger partial charge on any atom is -0.384 e. The van der Waals surface area contributed by atoms with Gasteiger partial charge < -0.3 is 5.73 Å². The van der Waals surface area contributed by atoms with Gasteiger partial charge >= 0.3 is 0 Å². The summed E-state index contributed by atoms with van der Waals surface area (Å²) in [6.07, 6.45) is 5.81. The molecule has 1 heterocycles. The summed E-state index contributed by atoms with van der Waals surface area (Å²) in [5.74, 6) is 0.547. The second-order valence-electron chi connectivity index (χ2n) is 3.76. The SMILES string of the molecule is Cc1ccc(/C=C/c2ccnc(N)c2)cc1. The summed E-state index contributed by atoms with van der Waals surface area (Å²) in [6.45, 7) is 2.08. The lowest BCUT2D eigenvalue weighted by molar-refractivity contribution is 1.33. The van der Waals surface area contributed by atoms with Crippen molar-refractivity contribution in [2.24, 2.45) is 0 Å². The Morgan fingerprint density at radius 3 is 2.38 bits per heavy atom. The van der Waals surface area contributed by atoms with Gasteiger partial charge in [-0.05, 0) is 30.2 Å². The van der Waals surface area contributed by atoms with Crippen molar-refractivity contribution in [3.05, 3.63) is 59.3 Å². The highest BCUT2D eigenvalue weighted by atomic mass is 14.8. The molecule has 0 saturated carbocycles. The lowest BCUT2D eigenvalue weighted by Gasteiger charge is -1.96. The molecule has 2 rings (SSSR count). The van der Waals surface area contributed by atoms with Gasteiger partial charge in [0.15, 0.2) is 0 Å². The molecule has 0 radical (unpaired) electrons. The zero-order valence-electron chi connectivity index (χ0n) is 9.22. The van der Waals surface area contributed by atoms with Crippen LogP contribution >= 0.6 is 0 Å². The van der Waals surface area contributed by atoms with E-state index >= 15 is 0 Å². The van der Waals surface area contributed by atoms with E-state index in [0.717, 1.165) is 5.56 Å². The van der Waals surface area contributed by atoms with Crippen LogP contribution in [0.25, 0.3) is 12.2 Å². The minimum atomic E-state index is 0.547. The molecule has 2 nitrogen and oxygen atoms in total. The first-order valence-electron chi connectivity index (χ1n) is 5.20. The summed E-state index contributed by atoms with van der Waals surface area (Å²) in [6, 6.07) is 12.2. The maximum atomic E-state index is 5.60. The van der Waals surface area contributed by atoms with Crippen molar-refractivity contribution >= 4 is 18.0 Å². The van der Waals surface area contributed by atoms with Crippen LogP contribution in [0.1, 0.15) is 16.7 Å². The molecule has 0 saturated heterocycles. The van der Waals surface area contributed by atoms with Crippen molar-refractivity contribution in [2.45, 2.75) is 6.92 Å². The molecule has 2 N–H and O–H groups in total. The fourth-order valence-corrected chi connectivity index (χ4v) is 1.44. The van der Waals surface area contributed by atoms with Gasteiger partial charge in [0, 0.05) is 6.20 Å². The number of aromatic nitrogens is 1. The smallest absolute Gasteiger partial charge is 0.123 e. The molecule has 0 bridgehead atoms. The molecule has 0 aliphatic carbocycles. The number of nitrogens with zero attached hydrogens (tertiary/aromatic N) is 1. The van der Waals surface area contributed by atoms with E-state index < -0.39 is 0 Å². The zero-order chi connectivity index (χ0) is 11.4. The molecular weight excluding hydrogens is 196 g/mol. The summed E-state index contributed by atoms with van der Waals surface area (Å²) in [7, 11) is 0. The van der Waals surface area contributed by atoms with E-state index in [-0.39, 0.29) is 0 Å². The number of nitrogens with two attached hydrogens (primary N) is 1. The van der Waals surface area contributed by atoms with Crippen molar-refractivity contribution < 1.29 is 0 Å². The van der Waals surface area contributed by atoms with Gasteiger partial charge in [0.1, 0.15) is 5.82 Å². The van der Waals surface area contributed by atoms with Crippen LogP contribution in [0.5, 0.6) is 0 Å². The Hall–Kier alpha value is -2.09. The predicted molar refractivity (Wildman–Crippen MR) is 68.8 cm³/mol. The van der Waals surface area contributed by atoms with Gasteiger partial charge in [-0.1, -0.05) is 42.0 Å². The van der Waals surface area contributed by atoms with Crippen LogP contribution in [0.4, 0.5) is 5.82 Å². The van der Waals surface area contributed by atoms with Crippen LogP contribution in [-0.2, 0) is 0 Å². The van der Waals surface area contributed by atoms with Crippen LogP contribution in [-0.4, -0.2) is 4.98 Å². The Morgan fingerprint density at radius 1 is 1.00 bits per heavy atom. The molecule has 16 heavy (non-hydrogen) atoms. The molecule has 80 valence electrons. The van der Waals surface area contributed by atoms with Crippen LogP contribution in [0.15, 0.2) is 42.6 Å². The average molecular weight is 210 g/mol. The molecule has 0 unspecified atom stereocenters. The summed E-state index contributed by atoms with van der Waals surface area (Å²) in [4.78, 5) is 3.95. The number of anilines is 1. The Kier molecular flexibility index (Phi) is 3.01. The average Bonchev–Trinajstić information content (AvgIpc) is 2.28. The molecule has 0 atom stereocenters. The summed E-state index contributed by atoms with van der Waals surface area (Å²) < 4.78 is 0.